The van der Waals surface area contributed by atoms with Crippen LogP contribution in [0.4, 0.5) is 26.0 Å². The topological polar surface area (TPSA) is 82.3 Å². The summed E-state index contributed by atoms with van der Waals surface area (Å²) in [6.07, 6.45) is 5.41. The molecule has 2 fully saturated rings. The quantitative estimate of drug-likeness (QED) is 0.440. The van der Waals surface area contributed by atoms with Crippen LogP contribution in [-0.2, 0) is 4.74 Å². The van der Waals surface area contributed by atoms with Crippen molar-refractivity contribution in [3.8, 4) is 5.75 Å². The van der Waals surface area contributed by atoms with Crippen molar-refractivity contribution < 1.29 is 18.3 Å². The smallest absolute Gasteiger partial charge is 0.146 e. The number of thioether (sulfide) groups is 1. The summed E-state index contributed by atoms with van der Waals surface area (Å²) >= 11 is 1.97. The number of nitrogens with one attached hydrogen (secondary N) is 1. The Hall–Kier alpha value is -2.65. The van der Waals surface area contributed by atoms with E-state index < -0.39 is 11.6 Å². The zero-order valence-corrected chi connectivity index (χ0v) is 20.0. The highest BCUT2D eigenvalue weighted by molar-refractivity contribution is 7.99. The van der Waals surface area contributed by atoms with E-state index in [1.54, 1.807) is 12.1 Å². The Morgan fingerprint density at radius 2 is 1.82 bits per heavy atom. The van der Waals surface area contributed by atoms with Crippen molar-refractivity contribution in [2.45, 2.75) is 38.7 Å². The van der Waals surface area contributed by atoms with Gasteiger partial charge in [-0.15, -0.1) is 0 Å². The van der Waals surface area contributed by atoms with E-state index in [4.69, 9.17) is 15.2 Å². The van der Waals surface area contributed by atoms with E-state index in [0.29, 0.717) is 22.9 Å². The molecule has 1 saturated carbocycles. The minimum absolute atomic E-state index is 0.0391. The van der Waals surface area contributed by atoms with E-state index in [2.05, 4.69) is 22.2 Å². The molecule has 0 atom stereocenters. The number of rotatable bonds is 4. The molecule has 1 aromatic heterocycles. The van der Waals surface area contributed by atoms with Gasteiger partial charge >= 0.3 is 0 Å². The molecule has 0 radical (unpaired) electrons. The number of ether oxygens (including phenoxy) is 2. The Labute approximate surface area is 202 Å². The van der Waals surface area contributed by atoms with Crippen molar-refractivity contribution in [3.05, 3.63) is 48.3 Å². The van der Waals surface area contributed by atoms with Crippen molar-refractivity contribution in [3.63, 3.8) is 0 Å². The van der Waals surface area contributed by atoms with Crippen LogP contribution in [-0.4, -0.2) is 40.8 Å². The van der Waals surface area contributed by atoms with Gasteiger partial charge in [0.15, 0.2) is 0 Å². The lowest BCUT2D eigenvalue weighted by Gasteiger charge is -2.27. The van der Waals surface area contributed by atoms with Gasteiger partial charge < -0.3 is 20.5 Å². The molecule has 2 heterocycles. The van der Waals surface area contributed by atoms with Crippen molar-refractivity contribution in [1.29, 1.82) is 0 Å². The number of fused-ring (bicyclic) bond motifs is 1. The molecule has 3 N–H and O–H groups in total. The van der Waals surface area contributed by atoms with Crippen molar-refractivity contribution >= 4 is 39.9 Å². The number of aromatic nitrogens is 2. The molecule has 34 heavy (non-hydrogen) atoms. The number of benzene rings is 2. The zero-order valence-electron chi connectivity index (χ0n) is 19.2. The highest BCUT2D eigenvalue weighted by atomic mass is 32.2. The van der Waals surface area contributed by atoms with Crippen molar-refractivity contribution in [1.82, 2.24) is 9.97 Å². The van der Waals surface area contributed by atoms with Gasteiger partial charge in [0.05, 0.1) is 35.9 Å². The standard InChI is InChI=1S/C21H22F2N4O.C4H8OS/c1-12-2-5-15(6-3-12)28-19-8-13(22)4-7-17(19)27-21-20-16(23)9-14(24)10-18(20)25-11-26-21;1-3-6-4-2-5-1/h4,7-12,15H,2-3,5-6,24H2,1H3,(H,25,26,27);1-4H2. The lowest BCUT2D eigenvalue weighted by atomic mass is 9.89. The Morgan fingerprint density at radius 3 is 2.50 bits per heavy atom. The fourth-order valence-electron chi connectivity index (χ4n) is 4.05. The average Bonchev–Trinajstić information content (AvgIpc) is 2.83. The predicted molar refractivity (Wildman–Crippen MR) is 134 cm³/mol. The average molecular weight is 489 g/mol. The summed E-state index contributed by atoms with van der Waals surface area (Å²) in [5.41, 5.74) is 6.90. The SMILES string of the molecule is C1CSCCO1.CC1CCC(Oc2cc(F)ccc2Nc2ncnc3cc(N)cc(F)c23)CC1. The first-order valence-electron chi connectivity index (χ1n) is 11.6. The molecule has 2 aromatic carbocycles. The minimum atomic E-state index is -0.524. The molecule has 0 amide bonds. The molecule has 2 aliphatic rings. The fourth-order valence-corrected chi connectivity index (χ4v) is 4.72. The van der Waals surface area contributed by atoms with E-state index in [-0.39, 0.29) is 23.0 Å². The minimum Gasteiger partial charge on any atom is -0.488 e. The van der Waals surface area contributed by atoms with Crippen LogP contribution in [0.25, 0.3) is 10.9 Å². The molecule has 6 nitrogen and oxygen atoms in total. The molecule has 0 spiro atoms. The molecule has 5 rings (SSSR count). The van der Waals surface area contributed by atoms with Crippen LogP contribution < -0.4 is 15.8 Å². The van der Waals surface area contributed by atoms with Gasteiger partial charge in [0.2, 0.25) is 0 Å². The summed E-state index contributed by atoms with van der Waals surface area (Å²) in [7, 11) is 0. The van der Waals surface area contributed by atoms with Crippen LogP contribution in [0.1, 0.15) is 32.6 Å². The molecule has 1 aliphatic heterocycles. The first kappa shape index (κ1) is 24.5. The summed E-state index contributed by atoms with van der Waals surface area (Å²) in [5, 5.41) is 3.30. The highest BCUT2D eigenvalue weighted by Crippen LogP contribution is 2.35. The molecule has 182 valence electrons. The molecule has 0 bridgehead atoms. The molecular weight excluding hydrogens is 458 g/mol. The van der Waals surface area contributed by atoms with Crippen LogP contribution in [0.3, 0.4) is 0 Å². The molecule has 9 heteroatoms. The first-order chi connectivity index (χ1) is 16.5. The molecular formula is C25H30F2N4O2S. The van der Waals surface area contributed by atoms with Gasteiger partial charge in [-0.25, -0.2) is 18.7 Å². The van der Waals surface area contributed by atoms with Crippen LogP contribution in [0.15, 0.2) is 36.7 Å². The maximum atomic E-state index is 14.5. The number of anilines is 3. The predicted octanol–water partition coefficient (Wildman–Crippen LogP) is 5.94. The van der Waals surface area contributed by atoms with E-state index in [1.165, 1.54) is 36.0 Å². The number of hydrogen-bond acceptors (Lipinski definition) is 7. The zero-order chi connectivity index (χ0) is 23.9. The van der Waals surface area contributed by atoms with Gasteiger partial charge in [0.1, 0.15) is 29.5 Å². The van der Waals surface area contributed by atoms with Gasteiger partial charge in [0, 0.05) is 23.3 Å². The summed E-state index contributed by atoms with van der Waals surface area (Å²) in [6, 6.07) is 7.05. The second kappa shape index (κ2) is 11.7. The van der Waals surface area contributed by atoms with Crippen LogP contribution >= 0.6 is 11.8 Å². The fraction of sp³-hybridized carbons (Fsp3) is 0.440. The molecule has 1 saturated heterocycles. The summed E-state index contributed by atoms with van der Waals surface area (Å²) in [4.78, 5) is 8.24. The summed E-state index contributed by atoms with van der Waals surface area (Å²) < 4.78 is 39.5. The van der Waals surface area contributed by atoms with Gasteiger partial charge in [-0.3, -0.25) is 0 Å². The third-order valence-corrected chi connectivity index (χ3v) is 6.82. The summed E-state index contributed by atoms with van der Waals surface area (Å²) in [6.45, 7) is 4.16. The van der Waals surface area contributed by atoms with E-state index in [1.807, 2.05) is 11.8 Å². The van der Waals surface area contributed by atoms with E-state index >= 15 is 0 Å². The van der Waals surface area contributed by atoms with E-state index in [9.17, 15) is 8.78 Å². The molecule has 3 aromatic rings. The maximum absolute atomic E-state index is 14.5. The maximum Gasteiger partial charge on any atom is 0.146 e. The number of halogens is 2. The Balaban J connectivity index is 0.000000398. The summed E-state index contributed by atoms with van der Waals surface area (Å²) in [5.74, 6) is 2.83. The van der Waals surface area contributed by atoms with Gasteiger partial charge in [-0.2, -0.15) is 11.8 Å². The number of nitrogens with two attached hydrogens (primary N) is 1. The lowest BCUT2D eigenvalue weighted by Crippen LogP contribution is -2.23. The normalized spacial score (nSPS) is 20.3. The third-order valence-electron chi connectivity index (χ3n) is 5.91. The number of nitrogen functional groups attached to an aromatic ring is 1. The molecule has 0 unspecified atom stereocenters. The Kier molecular flexibility index (Phi) is 8.39. The second-order valence-corrected chi connectivity index (χ2v) is 9.83. The first-order valence-corrected chi connectivity index (χ1v) is 12.7. The Bertz CT molecular complexity index is 1090. The van der Waals surface area contributed by atoms with Gasteiger partial charge in [-0.05, 0) is 55.9 Å². The highest BCUT2D eigenvalue weighted by Gasteiger charge is 2.21. The van der Waals surface area contributed by atoms with Crippen LogP contribution in [0.2, 0.25) is 0 Å². The van der Waals surface area contributed by atoms with Gasteiger partial charge in [0.25, 0.3) is 0 Å². The monoisotopic (exact) mass is 488 g/mol. The largest absolute Gasteiger partial charge is 0.488 e. The third kappa shape index (κ3) is 6.48. The lowest BCUT2D eigenvalue weighted by molar-refractivity contribution is 0.136. The van der Waals surface area contributed by atoms with Crippen LogP contribution in [0, 0.1) is 17.6 Å². The molecule has 1 aliphatic carbocycles. The van der Waals surface area contributed by atoms with Crippen molar-refractivity contribution in [2.75, 3.05) is 35.8 Å². The van der Waals surface area contributed by atoms with Gasteiger partial charge in [-0.1, -0.05) is 6.92 Å². The Morgan fingerprint density at radius 1 is 1.06 bits per heavy atom. The van der Waals surface area contributed by atoms with E-state index in [0.717, 1.165) is 38.9 Å². The second-order valence-electron chi connectivity index (χ2n) is 8.61. The van der Waals surface area contributed by atoms with Crippen molar-refractivity contribution in [2.24, 2.45) is 5.92 Å². The number of nitrogens with zero attached hydrogens (tertiary/aromatic N) is 2. The number of hydrogen-bond donors (Lipinski definition) is 2. The van der Waals surface area contributed by atoms with Crippen LogP contribution in [0.5, 0.6) is 5.75 Å².